The van der Waals surface area contributed by atoms with Crippen LogP contribution >= 0.6 is 31.9 Å². The van der Waals surface area contributed by atoms with E-state index in [4.69, 9.17) is 5.73 Å². The van der Waals surface area contributed by atoms with Crippen molar-refractivity contribution in [2.75, 3.05) is 18.8 Å². The van der Waals surface area contributed by atoms with E-state index in [9.17, 15) is 8.42 Å². The van der Waals surface area contributed by atoms with Crippen molar-refractivity contribution in [2.45, 2.75) is 31.1 Å². The van der Waals surface area contributed by atoms with Crippen molar-refractivity contribution in [1.29, 1.82) is 0 Å². The van der Waals surface area contributed by atoms with E-state index in [-0.39, 0.29) is 4.90 Å². The quantitative estimate of drug-likeness (QED) is 0.736. The SMILES string of the molecule is CC1CCCN(S(=O)(=O)c2c(Br)cc(N)cc2Br)CC1. The van der Waals surface area contributed by atoms with Crippen LogP contribution in [0.2, 0.25) is 0 Å². The van der Waals surface area contributed by atoms with Crippen LogP contribution < -0.4 is 5.73 Å². The fourth-order valence-corrected chi connectivity index (χ4v) is 6.47. The molecule has 0 bridgehead atoms. The molecule has 112 valence electrons. The number of hydrogen-bond acceptors (Lipinski definition) is 3. The number of anilines is 1. The molecule has 1 aromatic rings. The Balaban J connectivity index is 2.40. The third-order valence-electron chi connectivity index (χ3n) is 3.59. The summed E-state index contributed by atoms with van der Waals surface area (Å²) in [4.78, 5) is 0.265. The van der Waals surface area contributed by atoms with Gasteiger partial charge in [-0.25, -0.2) is 8.42 Å². The number of sulfonamides is 1. The molecule has 0 aromatic heterocycles. The second kappa shape index (κ2) is 6.34. The maximum atomic E-state index is 12.8. The van der Waals surface area contributed by atoms with Gasteiger partial charge in [-0.15, -0.1) is 0 Å². The maximum absolute atomic E-state index is 12.8. The number of rotatable bonds is 2. The average molecular weight is 426 g/mol. The van der Waals surface area contributed by atoms with Gasteiger partial charge in [0.2, 0.25) is 10.0 Å². The molecule has 1 saturated heterocycles. The van der Waals surface area contributed by atoms with Crippen molar-refractivity contribution in [3.05, 3.63) is 21.1 Å². The summed E-state index contributed by atoms with van der Waals surface area (Å²) in [5, 5.41) is 0. The van der Waals surface area contributed by atoms with Crippen molar-refractivity contribution in [1.82, 2.24) is 4.31 Å². The number of nitrogens with two attached hydrogens (primary N) is 1. The zero-order valence-electron chi connectivity index (χ0n) is 11.3. The molecule has 0 radical (unpaired) electrons. The zero-order chi connectivity index (χ0) is 14.9. The standard InChI is InChI=1S/C13H18Br2N2O2S/c1-9-3-2-5-17(6-4-9)20(18,19)13-11(14)7-10(16)8-12(13)15/h7-9H,2-6,16H2,1H3. The number of halogens is 2. The first-order valence-electron chi connectivity index (χ1n) is 6.57. The van der Waals surface area contributed by atoms with Crippen LogP contribution in [0, 0.1) is 5.92 Å². The van der Waals surface area contributed by atoms with Gasteiger partial charge < -0.3 is 5.73 Å². The molecule has 1 atom stereocenters. The van der Waals surface area contributed by atoms with Gasteiger partial charge >= 0.3 is 0 Å². The van der Waals surface area contributed by atoms with Crippen LogP contribution in [-0.4, -0.2) is 25.8 Å². The molecule has 0 aliphatic carbocycles. The Kier molecular flexibility index (Phi) is 5.15. The van der Waals surface area contributed by atoms with Gasteiger partial charge in [0.1, 0.15) is 4.90 Å². The van der Waals surface area contributed by atoms with Gasteiger partial charge in [0.15, 0.2) is 0 Å². The highest BCUT2D eigenvalue weighted by molar-refractivity contribution is 9.11. The summed E-state index contributed by atoms with van der Waals surface area (Å²) in [7, 11) is -3.50. The molecule has 1 fully saturated rings. The predicted octanol–water partition coefficient (Wildman–Crippen LogP) is 3.60. The van der Waals surface area contributed by atoms with Crippen LogP contribution in [-0.2, 0) is 10.0 Å². The van der Waals surface area contributed by atoms with Gasteiger partial charge in [-0.05, 0) is 69.2 Å². The van der Waals surface area contributed by atoms with E-state index in [1.807, 2.05) is 0 Å². The summed E-state index contributed by atoms with van der Waals surface area (Å²) in [5.41, 5.74) is 6.25. The molecule has 0 spiro atoms. The van der Waals surface area contributed by atoms with E-state index < -0.39 is 10.0 Å². The number of nitrogens with zero attached hydrogens (tertiary/aromatic N) is 1. The molecule has 1 unspecified atom stereocenters. The molecule has 1 aliphatic heterocycles. The second-order valence-corrected chi connectivity index (χ2v) is 8.84. The number of benzene rings is 1. The summed E-state index contributed by atoms with van der Waals surface area (Å²) < 4.78 is 28.2. The fraction of sp³-hybridized carbons (Fsp3) is 0.538. The van der Waals surface area contributed by atoms with Crippen molar-refractivity contribution < 1.29 is 8.42 Å². The molecular formula is C13H18Br2N2O2S. The van der Waals surface area contributed by atoms with Crippen molar-refractivity contribution in [3.8, 4) is 0 Å². The molecule has 20 heavy (non-hydrogen) atoms. The van der Waals surface area contributed by atoms with Gasteiger partial charge in [-0.1, -0.05) is 6.92 Å². The molecule has 1 aliphatic rings. The summed E-state index contributed by atoms with van der Waals surface area (Å²) in [6, 6.07) is 3.25. The average Bonchev–Trinajstić information content (AvgIpc) is 2.52. The van der Waals surface area contributed by atoms with Gasteiger partial charge in [-0.2, -0.15) is 4.31 Å². The highest BCUT2D eigenvalue weighted by Gasteiger charge is 2.30. The molecule has 0 amide bonds. The first kappa shape index (κ1) is 16.3. The largest absolute Gasteiger partial charge is 0.399 e. The van der Waals surface area contributed by atoms with Crippen LogP contribution in [0.15, 0.2) is 26.0 Å². The third-order valence-corrected chi connectivity index (χ3v) is 7.37. The molecule has 2 rings (SSSR count). The van der Waals surface area contributed by atoms with E-state index in [0.29, 0.717) is 33.6 Å². The Bertz CT molecular complexity index is 581. The minimum atomic E-state index is -3.50. The molecule has 4 nitrogen and oxygen atoms in total. The molecule has 0 saturated carbocycles. The minimum absolute atomic E-state index is 0.265. The topological polar surface area (TPSA) is 63.4 Å². The minimum Gasteiger partial charge on any atom is -0.399 e. The van der Waals surface area contributed by atoms with Crippen LogP contribution in [0.5, 0.6) is 0 Å². The van der Waals surface area contributed by atoms with Crippen molar-refractivity contribution in [3.63, 3.8) is 0 Å². The smallest absolute Gasteiger partial charge is 0.245 e. The molecular weight excluding hydrogens is 408 g/mol. The van der Waals surface area contributed by atoms with E-state index in [1.54, 1.807) is 16.4 Å². The zero-order valence-corrected chi connectivity index (χ0v) is 15.3. The first-order valence-corrected chi connectivity index (χ1v) is 9.59. The second-order valence-electron chi connectivity index (χ2n) is 5.25. The van der Waals surface area contributed by atoms with E-state index >= 15 is 0 Å². The maximum Gasteiger partial charge on any atom is 0.245 e. The number of hydrogen-bond donors (Lipinski definition) is 1. The highest BCUT2D eigenvalue weighted by atomic mass is 79.9. The van der Waals surface area contributed by atoms with Gasteiger partial charge in [0.25, 0.3) is 0 Å². The van der Waals surface area contributed by atoms with Gasteiger partial charge in [0.05, 0.1) is 0 Å². The monoisotopic (exact) mass is 424 g/mol. The van der Waals surface area contributed by atoms with Crippen molar-refractivity contribution in [2.24, 2.45) is 5.92 Å². The van der Waals surface area contributed by atoms with Gasteiger partial charge in [0, 0.05) is 27.7 Å². The van der Waals surface area contributed by atoms with Crippen LogP contribution in [0.1, 0.15) is 26.2 Å². The Morgan fingerprint density at radius 1 is 1.20 bits per heavy atom. The van der Waals surface area contributed by atoms with Crippen LogP contribution in [0.4, 0.5) is 5.69 Å². The lowest BCUT2D eigenvalue weighted by molar-refractivity contribution is 0.416. The molecule has 7 heteroatoms. The van der Waals surface area contributed by atoms with E-state index in [2.05, 4.69) is 38.8 Å². The Morgan fingerprint density at radius 3 is 2.40 bits per heavy atom. The molecule has 1 heterocycles. The van der Waals surface area contributed by atoms with Crippen LogP contribution in [0.3, 0.4) is 0 Å². The lowest BCUT2D eigenvalue weighted by Gasteiger charge is -2.22. The summed E-state index contributed by atoms with van der Waals surface area (Å²) in [5.74, 6) is 0.577. The predicted molar refractivity (Wildman–Crippen MR) is 88.0 cm³/mol. The first-order chi connectivity index (χ1) is 9.32. The summed E-state index contributed by atoms with van der Waals surface area (Å²) in [6.45, 7) is 3.33. The Hall–Kier alpha value is -0.110. The Labute approximate surface area is 137 Å². The highest BCUT2D eigenvalue weighted by Crippen LogP contribution is 2.35. The van der Waals surface area contributed by atoms with Gasteiger partial charge in [-0.3, -0.25) is 0 Å². The summed E-state index contributed by atoms with van der Waals surface area (Å²) >= 11 is 6.63. The number of nitrogen functional groups attached to an aromatic ring is 1. The normalized spacial score (nSPS) is 21.6. The lowest BCUT2D eigenvalue weighted by atomic mass is 10.0. The summed E-state index contributed by atoms with van der Waals surface area (Å²) in [6.07, 6.45) is 2.89. The van der Waals surface area contributed by atoms with E-state index in [0.717, 1.165) is 19.3 Å². The third kappa shape index (κ3) is 3.37. The van der Waals surface area contributed by atoms with Crippen molar-refractivity contribution >= 4 is 47.6 Å². The molecule has 2 N–H and O–H groups in total. The molecule has 1 aromatic carbocycles. The lowest BCUT2D eigenvalue weighted by Crippen LogP contribution is -2.32. The Morgan fingerprint density at radius 2 is 1.80 bits per heavy atom. The van der Waals surface area contributed by atoms with Crippen LogP contribution in [0.25, 0.3) is 0 Å². The fourth-order valence-electron chi connectivity index (χ4n) is 2.43. The van der Waals surface area contributed by atoms with E-state index in [1.165, 1.54) is 0 Å².